The molecule has 112 valence electrons. The van der Waals surface area contributed by atoms with Crippen molar-refractivity contribution in [1.29, 1.82) is 0 Å². The maximum absolute atomic E-state index is 3.89. The Morgan fingerprint density at radius 2 is 1.75 bits per heavy atom. The SMILES string of the molecule is CCCNC(C1CCCCC1)C(CC)c1ccccc1. The maximum atomic E-state index is 3.89. The van der Waals surface area contributed by atoms with Crippen molar-refractivity contribution in [2.45, 2.75) is 70.8 Å². The molecular formula is C19H31N. The molecule has 2 rings (SSSR count). The van der Waals surface area contributed by atoms with Gasteiger partial charge >= 0.3 is 0 Å². The minimum atomic E-state index is 0.669. The molecule has 0 aromatic heterocycles. The largest absolute Gasteiger partial charge is 0.313 e. The summed E-state index contributed by atoms with van der Waals surface area (Å²) in [4.78, 5) is 0. The molecule has 0 bridgehead atoms. The smallest absolute Gasteiger partial charge is 0.0164 e. The fourth-order valence-electron chi connectivity index (χ4n) is 3.84. The molecule has 1 fully saturated rings. The number of nitrogens with one attached hydrogen (secondary N) is 1. The van der Waals surface area contributed by atoms with Gasteiger partial charge in [0.15, 0.2) is 0 Å². The number of benzene rings is 1. The van der Waals surface area contributed by atoms with E-state index in [2.05, 4.69) is 49.5 Å². The molecule has 1 aromatic rings. The van der Waals surface area contributed by atoms with Gasteiger partial charge in [0.25, 0.3) is 0 Å². The molecule has 1 nitrogen and oxygen atoms in total. The molecule has 0 aliphatic heterocycles. The third-order valence-electron chi connectivity index (χ3n) is 4.89. The van der Waals surface area contributed by atoms with Gasteiger partial charge in [0.2, 0.25) is 0 Å². The molecule has 1 saturated carbocycles. The Labute approximate surface area is 125 Å². The summed E-state index contributed by atoms with van der Waals surface area (Å²) in [5, 5.41) is 3.89. The van der Waals surface area contributed by atoms with Gasteiger partial charge in [-0.2, -0.15) is 0 Å². The van der Waals surface area contributed by atoms with Gasteiger partial charge in [-0.15, -0.1) is 0 Å². The highest BCUT2D eigenvalue weighted by molar-refractivity contribution is 5.21. The molecule has 2 atom stereocenters. The molecule has 0 spiro atoms. The van der Waals surface area contributed by atoms with Crippen molar-refractivity contribution in [2.24, 2.45) is 5.92 Å². The van der Waals surface area contributed by atoms with E-state index in [0.29, 0.717) is 12.0 Å². The van der Waals surface area contributed by atoms with Gasteiger partial charge in [0.05, 0.1) is 0 Å². The van der Waals surface area contributed by atoms with E-state index in [4.69, 9.17) is 0 Å². The number of hydrogen-bond donors (Lipinski definition) is 1. The van der Waals surface area contributed by atoms with E-state index in [1.807, 2.05) is 0 Å². The molecule has 0 heterocycles. The molecule has 1 aliphatic rings. The molecule has 1 aromatic carbocycles. The van der Waals surface area contributed by atoms with Crippen molar-refractivity contribution in [3.63, 3.8) is 0 Å². The first-order valence-electron chi connectivity index (χ1n) is 8.65. The third-order valence-corrected chi connectivity index (χ3v) is 4.89. The molecule has 1 N–H and O–H groups in total. The van der Waals surface area contributed by atoms with Gasteiger partial charge in [-0.1, -0.05) is 63.4 Å². The van der Waals surface area contributed by atoms with E-state index >= 15 is 0 Å². The van der Waals surface area contributed by atoms with Crippen molar-refractivity contribution in [1.82, 2.24) is 5.32 Å². The highest BCUT2D eigenvalue weighted by atomic mass is 14.9. The van der Waals surface area contributed by atoms with Crippen molar-refractivity contribution in [2.75, 3.05) is 6.54 Å². The lowest BCUT2D eigenvalue weighted by Gasteiger charge is -2.36. The quantitative estimate of drug-likeness (QED) is 0.726. The van der Waals surface area contributed by atoms with E-state index in [9.17, 15) is 0 Å². The molecule has 20 heavy (non-hydrogen) atoms. The van der Waals surface area contributed by atoms with Crippen LogP contribution in [0, 0.1) is 5.92 Å². The van der Waals surface area contributed by atoms with Crippen molar-refractivity contribution in [3.8, 4) is 0 Å². The summed E-state index contributed by atoms with van der Waals surface area (Å²) >= 11 is 0. The van der Waals surface area contributed by atoms with Crippen LogP contribution in [0.3, 0.4) is 0 Å². The van der Waals surface area contributed by atoms with E-state index in [1.54, 1.807) is 0 Å². The zero-order chi connectivity index (χ0) is 14.2. The van der Waals surface area contributed by atoms with E-state index in [0.717, 1.165) is 12.5 Å². The Hall–Kier alpha value is -0.820. The lowest BCUT2D eigenvalue weighted by Crippen LogP contribution is -2.42. The number of hydrogen-bond acceptors (Lipinski definition) is 1. The summed E-state index contributed by atoms with van der Waals surface area (Å²) in [6.45, 7) is 5.78. The first kappa shape index (κ1) is 15.6. The molecule has 0 amide bonds. The van der Waals surface area contributed by atoms with Crippen LogP contribution in [0.2, 0.25) is 0 Å². The van der Waals surface area contributed by atoms with Gasteiger partial charge in [-0.05, 0) is 49.6 Å². The Morgan fingerprint density at radius 1 is 1.05 bits per heavy atom. The highest BCUT2D eigenvalue weighted by Crippen LogP contribution is 2.35. The van der Waals surface area contributed by atoms with Crippen molar-refractivity contribution >= 4 is 0 Å². The fraction of sp³-hybridized carbons (Fsp3) is 0.684. The number of rotatable bonds is 7. The van der Waals surface area contributed by atoms with Crippen molar-refractivity contribution in [3.05, 3.63) is 35.9 Å². The summed E-state index contributed by atoms with van der Waals surface area (Å²) in [6.07, 6.45) is 9.62. The second kappa shape index (κ2) is 8.46. The minimum absolute atomic E-state index is 0.669. The predicted octanol–water partition coefficient (Wildman–Crippen LogP) is 5.13. The topological polar surface area (TPSA) is 12.0 Å². The molecule has 0 saturated heterocycles. The monoisotopic (exact) mass is 273 g/mol. The maximum Gasteiger partial charge on any atom is 0.0164 e. The fourth-order valence-corrected chi connectivity index (χ4v) is 3.84. The Balaban J connectivity index is 2.14. The van der Waals surface area contributed by atoms with Crippen LogP contribution in [0.25, 0.3) is 0 Å². The third kappa shape index (κ3) is 4.09. The second-order valence-corrected chi connectivity index (χ2v) is 6.30. The van der Waals surface area contributed by atoms with E-state index in [-0.39, 0.29) is 0 Å². The van der Waals surface area contributed by atoms with Crippen molar-refractivity contribution < 1.29 is 0 Å². The van der Waals surface area contributed by atoms with E-state index < -0.39 is 0 Å². The summed E-state index contributed by atoms with van der Waals surface area (Å²) in [5.74, 6) is 1.55. The van der Waals surface area contributed by atoms with Gasteiger partial charge in [-0.3, -0.25) is 0 Å². The first-order chi connectivity index (χ1) is 9.86. The average molecular weight is 273 g/mol. The standard InChI is InChI=1S/C19H31N/c1-3-15-20-19(17-13-9-6-10-14-17)18(4-2)16-11-7-5-8-12-16/h5,7-8,11-12,17-20H,3-4,6,9-10,13-15H2,1-2H3. The molecule has 0 radical (unpaired) electrons. The predicted molar refractivity (Wildman–Crippen MR) is 88.1 cm³/mol. The summed E-state index contributed by atoms with van der Waals surface area (Å²) in [7, 11) is 0. The van der Waals surface area contributed by atoms with Gasteiger partial charge < -0.3 is 5.32 Å². The van der Waals surface area contributed by atoms with Crippen LogP contribution in [0.4, 0.5) is 0 Å². The summed E-state index contributed by atoms with van der Waals surface area (Å²) in [6, 6.07) is 11.8. The lowest BCUT2D eigenvalue weighted by molar-refractivity contribution is 0.236. The van der Waals surface area contributed by atoms with Crippen LogP contribution >= 0.6 is 0 Å². The van der Waals surface area contributed by atoms with Gasteiger partial charge in [0, 0.05) is 6.04 Å². The zero-order valence-electron chi connectivity index (χ0n) is 13.3. The Morgan fingerprint density at radius 3 is 2.35 bits per heavy atom. The normalized spacial score (nSPS) is 19.7. The van der Waals surface area contributed by atoms with Gasteiger partial charge in [-0.25, -0.2) is 0 Å². The van der Waals surface area contributed by atoms with Crippen LogP contribution in [0.15, 0.2) is 30.3 Å². The minimum Gasteiger partial charge on any atom is -0.313 e. The summed E-state index contributed by atoms with van der Waals surface area (Å²) in [5.41, 5.74) is 1.52. The highest BCUT2D eigenvalue weighted by Gasteiger charge is 2.29. The zero-order valence-corrected chi connectivity index (χ0v) is 13.3. The van der Waals surface area contributed by atoms with Crippen LogP contribution in [-0.2, 0) is 0 Å². The molecular weight excluding hydrogens is 242 g/mol. The molecule has 2 unspecified atom stereocenters. The van der Waals surface area contributed by atoms with E-state index in [1.165, 1.54) is 50.5 Å². The van der Waals surface area contributed by atoms with Crippen LogP contribution < -0.4 is 5.32 Å². The first-order valence-corrected chi connectivity index (χ1v) is 8.65. The lowest BCUT2D eigenvalue weighted by atomic mass is 9.75. The molecule has 1 heteroatoms. The van der Waals surface area contributed by atoms with Crippen LogP contribution in [-0.4, -0.2) is 12.6 Å². The van der Waals surface area contributed by atoms with Gasteiger partial charge in [0.1, 0.15) is 0 Å². The van der Waals surface area contributed by atoms with Crippen LogP contribution in [0.5, 0.6) is 0 Å². The Bertz CT molecular complexity index is 353. The Kier molecular flexibility index (Phi) is 6.59. The second-order valence-electron chi connectivity index (χ2n) is 6.30. The van der Waals surface area contributed by atoms with Crippen LogP contribution in [0.1, 0.15) is 70.3 Å². The molecule has 1 aliphatic carbocycles. The summed E-state index contributed by atoms with van der Waals surface area (Å²) < 4.78 is 0. The average Bonchev–Trinajstić information content (AvgIpc) is 2.53.